The van der Waals surface area contributed by atoms with Crippen molar-refractivity contribution in [3.8, 4) is 11.3 Å². The van der Waals surface area contributed by atoms with Gasteiger partial charge in [-0.25, -0.2) is 4.39 Å². The third kappa shape index (κ3) is 3.33. The van der Waals surface area contributed by atoms with E-state index in [2.05, 4.69) is 21.5 Å². The second-order valence-electron chi connectivity index (χ2n) is 6.57. The standard InChI is InChI=1S/C21H19FN4O/c1-13-17-11-14(12-23-21(27)19-9-10-26(2)25-19)3-8-18(17)24-20(13)15-4-6-16(22)7-5-15/h3-11,24H,12H2,1-2H3,(H,23,27). The molecule has 4 rings (SSSR count). The molecule has 2 heterocycles. The molecule has 2 N–H and O–H groups in total. The zero-order valence-corrected chi connectivity index (χ0v) is 15.1. The number of fused-ring (bicyclic) bond motifs is 1. The number of aryl methyl sites for hydroxylation is 2. The quantitative estimate of drug-likeness (QED) is 0.577. The Labute approximate surface area is 155 Å². The second kappa shape index (κ2) is 6.72. The lowest BCUT2D eigenvalue weighted by Crippen LogP contribution is -2.23. The molecule has 136 valence electrons. The van der Waals surface area contributed by atoms with Crippen LogP contribution < -0.4 is 5.32 Å². The molecule has 5 nitrogen and oxygen atoms in total. The zero-order valence-electron chi connectivity index (χ0n) is 15.1. The maximum absolute atomic E-state index is 13.2. The second-order valence-corrected chi connectivity index (χ2v) is 6.57. The van der Waals surface area contributed by atoms with E-state index in [-0.39, 0.29) is 11.7 Å². The first kappa shape index (κ1) is 17.0. The van der Waals surface area contributed by atoms with Gasteiger partial charge in [0.1, 0.15) is 11.5 Å². The minimum atomic E-state index is -0.251. The molecule has 0 saturated carbocycles. The minimum Gasteiger partial charge on any atom is -0.354 e. The summed E-state index contributed by atoms with van der Waals surface area (Å²) in [4.78, 5) is 15.6. The molecule has 2 aromatic heterocycles. The van der Waals surface area contributed by atoms with E-state index in [1.54, 1.807) is 36.1 Å². The minimum absolute atomic E-state index is 0.200. The van der Waals surface area contributed by atoms with E-state index < -0.39 is 0 Å². The van der Waals surface area contributed by atoms with E-state index >= 15 is 0 Å². The van der Waals surface area contributed by atoms with Gasteiger partial charge in [0.05, 0.1) is 0 Å². The molecule has 0 atom stereocenters. The molecule has 0 fully saturated rings. The summed E-state index contributed by atoms with van der Waals surface area (Å²) < 4.78 is 14.8. The highest BCUT2D eigenvalue weighted by molar-refractivity contribution is 5.93. The highest BCUT2D eigenvalue weighted by Crippen LogP contribution is 2.30. The van der Waals surface area contributed by atoms with Gasteiger partial charge in [-0.15, -0.1) is 0 Å². The lowest BCUT2D eigenvalue weighted by molar-refractivity contribution is 0.0945. The molecular weight excluding hydrogens is 343 g/mol. The molecule has 6 heteroatoms. The number of H-pyrrole nitrogens is 1. The Kier molecular flexibility index (Phi) is 4.24. The van der Waals surface area contributed by atoms with Gasteiger partial charge in [-0.3, -0.25) is 9.48 Å². The summed E-state index contributed by atoms with van der Waals surface area (Å²) in [6.45, 7) is 2.45. The number of hydrogen-bond donors (Lipinski definition) is 2. The summed E-state index contributed by atoms with van der Waals surface area (Å²) in [5.41, 5.74) is 5.41. The van der Waals surface area contributed by atoms with Crippen LogP contribution in [0.15, 0.2) is 54.7 Å². The zero-order chi connectivity index (χ0) is 19.0. The monoisotopic (exact) mass is 362 g/mol. The maximum atomic E-state index is 13.2. The van der Waals surface area contributed by atoms with Crippen molar-refractivity contribution >= 4 is 16.8 Å². The lowest BCUT2D eigenvalue weighted by atomic mass is 10.0. The Hall–Kier alpha value is -3.41. The summed E-state index contributed by atoms with van der Waals surface area (Å²) in [5, 5.41) is 8.08. The van der Waals surface area contributed by atoms with Crippen LogP contribution in [0.4, 0.5) is 4.39 Å². The van der Waals surface area contributed by atoms with Crippen LogP contribution in [0.1, 0.15) is 21.6 Å². The van der Waals surface area contributed by atoms with Crippen LogP contribution in [-0.2, 0) is 13.6 Å². The highest BCUT2D eigenvalue weighted by atomic mass is 19.1. The van der Waals surface area contributed by atoms with Crippen molar-refractivity contribution in [2.45, 2.75) is 13.5 Å². The van der Waals surface area contributed by atoms with Crippen LogP contribution in [0.3, 0.4) is 0 Å². The molecule has 0 saturated heterocycles. The molecule has 1 amide bonds. The Balaban J connectivity index is 1.57. The molecule has 0 aliphatic carbocycles. The predicted octanol–water partition coefficient (Wildman–Crippen LogP) is 3.95. The Morgan fingerprint density at radius 3 is 2.67 bits per heavy atom. The first-order chi connectivity index (χ1) is 13.0. The third-order valence-electron chi connectivity index (χ3n) is 4.65. The van der Waals surface area contributed by atoms with E-state index in [0.29, 0.717) is 12.2 Å². The predicted molar refractivity (Wildman–Crippen MR) is 103 cm³/mol. The number of amides is 1. The number of carbonyl (C=O) groups is 1. The topological polar surface area (TPSA) is 62.7 Å². The summed E-state index contributed by atoms with van der Waals surface area (Å²) in [6.07, 6.45) is 1.74. The van der Waals surface area contributed by atoms with Gasteiger partial charge in [-0.05, 0) is 66.1 Å². The van der Waals surface area contributed by atoms with Gasteiger partial charge in [0.2, 0.25) is 0 Å². The van der Waals surface area contributed by atoms with Crippen molar-refractivity contribution in [1.29, 1.82) is 0 Å². The van der Waals surface area contributed by atoms with Crippen LogP contribution in [0.25, 0.3) is 22.2 Å². The fraction of sp³-hybridized carbons (Fsp3) is 0.143. The fourth-order valence-corrected chi connectivity index (χ4v) is 3.20. The number of aromatic nitrogens is 3. The molecule has 0 radical (unpaired) electrons. The number of benzene rings is 2. The molecule has 27 heavy (non-hydrogen) atoms. The van der Waals surface area contributed by atoms with Crippen LogP contribution in [0, 0.1) is 12.7 Å². The molecule has 0 bridgehead atoms. The van der Waals surface area contributed by atoms with E-state index in [1.165, 1.54) is 12.1 Å². The van der Waals surface area contributed by atoms with Gasteiger partial charge in [0, 0.05) is 36.4 Å². The smallest absolute Gasteiger partial charge is 0.272 e. The van der Waals surface area contributed by atoms with E-state index in [9.17, 15) is 9.18 Å². The van der Waals surface area contributed by atoms with Crippen molar-refractivity contribution in [2.24, 2.45) is 7.05 Å². The van der Waals surface area contributed by atoms with Gasteiger partial charge in [0.15, 0.2) is 0 Å². The fourth-order valence-electron chi connectivity index (χ4n) is 3.20. The van der Waals surface area contributed by atoms with Crippen molar-refractivity contribution < 1.29 is 9.18 Å². The van der Waals surface area contributed by atoms with E-state index in [0.717, 1.165) is 33.3 Å². The largest absolute Gasteiger partial charge is 0.354 e. The number of rotatable bonds is 4. The Morgan fingerprint density at radius 2 is 1.96 bits per heavy atom. The number of nitrogens with zero attached hydrogens (tertiary/aromatic N) is 2. The third-order valence-corrected chi connectivity index (χ3v) is 4.65. The van der Waals surface area contributed by atoms with Gasteiger partial charge < -0.3 is 10.3 Å². The average Bonchev–Trinajstić information content (AvgIpc) is 3.24. The maximum Gasteiger partial charge on any atom is 0.272 e. The lowest BCUT2D eigenvalue weighted by Gasteiger charge is -2.04. The van der Waals surface area contributed by atoms with Crippen LogP contribution in [0.5, 0.6) is 0 Å². The molecule has 2 aromatic carbocycles. The number of carbonyl (C=O) groups excluding carboxylic acids is 1. The van der Waals surface area contributed by atoms with Gasteiger partial charge in [-0.2, -0.15) is 5.10 Å². The number of nitrogens with one attached hydrogen (secondary N) is 2. The van der Waals surface area contributed by atoms with Gasteiger partial charge in [0.25, 0.3) is 5.91 Å². The molecule has 0 aliphatic rings. The van der Waals surface area contributed by atoms with Crippen molar-refractivity contribution in [1.82, 2.24) is 20.1 Å². The van der Waals surface area contributed by atoms with Gasteiger partial charge >= 0.3 is 0 Å². The summed E-state index contributed by atoms with van der Waals surface area (Å²) in [5.74, 6) is -0.452. The van der Waals surface area contributed by atoms with Crippen molar-refractivity contribution in [2.75, 3.05) is 0 Å². The summed E-state index contributed by atoms with van der Waals surface area (Å²) >= 11 is 0. The normalized spacial score (nSPS) is 11.1. The van der Waals surface area contributed by atoms with E-state index in [4.69, 9.17) is 0 Å². The molecule has 0 spiro atoms. The Morgan fingerprint density at radius 1 is 1.19 bits per heavy atom. The number of hydrogen-bond acceptors (Lipinski definition) is 2. The number of aromatic amines is 1. The molecule has 0 aliphatic heterocycles. The van der Waals surface area contributed by atoms with Crippen LogP contribution in [0.2, 0.25) is 0 Å². The Bertz CT molecular complexity index is 1130. The SMILES string of the molecule is Cc1c(-c2ccc(F)cc2)[nH]c2ccc(CNC(=O)c3ccn(C)n3)cc12. The highest BCUT2D eigenvalue weighted by Gasteiger charge is 2.12. The van der Waals surface area contributed by atoms with Crippen molar-refractivity contribution in [3.63, 3.8) is 0 Å². The van der Waals surface area contributed by atoms with Crippen molar-refractivity contribution in [3.05, 3.63) is 77.4 Å². The molecular formula is C21H19FN4O. The van der Waals surface area contributed by atoms with Crippen LogP contribution in [-0.4, -0.2) is 20.7 Å². The van der Waals surface area contributed by atoms with Crippen LogP contribution >= 0.6 is 0 Å². The number of halogens is 1. The summed E-state index contributed by atoms with van der Waals surface area (Å²) in [7, 11) is 1.78. The summed E-state index contributed by atoms with van der Waals surface area (Å²) in [6, 6.07) is 14.2. The van der Waals surface area contributed by atoms with Gasteiger partial charge in [-0.1, -0.05) is 6.07 Å². The first-order valence-corrected chi connectivity index (χ1v) is 8.66. The van der Waals surface area contributed by atoms with E-state index in [1.807, 2.05) is 19.1 Å². The molecule has 4 aromatic rings. The average molecular weight is 362 g/mol. The first-order valence-electron chi connectivity index (χ1n) is 8.66. The molecule has 0 unspecified atom stereocenters.